The smallest absolute Gasteiger partial charge is 0.286 e. The van der Waals surface area contributed by atoms with E-state index in [1.165, 1.54) is 11.8 Å². The van der Waals surface area contributed by atoms with E-state index in [-0.39, 0.29) is 5.91 Å². The lowest BCUT2D eigenvalue weighted by atomic mass is 10.2. The number of piperazine rings is 1. The molecular formula is C24H24ClN3O2S. The molecule has 7 heteroatoms. The SMILES string of the molecule is C=CCOc1ccccc1/C=C1/SC(N2CCN(c3ccc(C)c(Cl)c3)CC2)=NC1=O. The van der Waals surface area contributed by atoms with Crippen LogP contribution in [-0.4, -0.2) is 48.8 Å². The molecule has 0 aromatic heterocycles. The number of thioether (sulfide) groups is 1. The summed E-state index contributed by atoms with van der Waals surface area (Å²) in [6.45, 7) is 9.41. The topological polar surface area (TPSA) is 45.1 Å². The van der Waals surface area contributed by atoms with E-state index in [2.05, 4.69) is 27.4 Å². The summed E-state index contributed by atoms with van der Waals surface area (Å²) in [4.78, 5) is 21.9. The minimum Gasteiger partial charge on any atom is -0.489 e. The molecule has 31 heavy (non-hydrogen) atoms. The zero-order valence-electron chi connectivity index (χ0n) is 17.4. The lowest BCUT2D eigenvalue weighted by molar-refractivity contribution is -0.113. The molecule has 2 aromatic rings. The molecule has 2 heterocycles. The molecular weight excluding hydrogens is 430 g/mol. The maximum atomic E-state index is 12.5. The Morgan fingerprint density at radius 1 is 1.16 bits per heavy atom. The standard InChI is InChI=1S/C24H24ClN3O2S/c1-3-14-30-21-7-5-4-6-18(21)15-22-23(29)26-24(31-22)28-12-10-27(11-13-28)19-9-8-17(2)20(25)16-19/h3-9,15-16H,1,10-14H2,2H3/b22-15+. The van der Waals surface area contributed by atoms with E-state index in [1.807, 2.05) is 49.4 Å². The molecule has 5 nitrogen and oxygen atoms in total. The Labute approximate surface area is 192 Å². The van der Waals surface area contributed by atoms with Crippen LogP contribution in [0, 0.1) is 6.92 Å². The fourth-order valence-electron chi connectivity index (χ4n) is 3.49. The van der Waals surface area contributed by atoms with E-state index in [0.717, 1.165) is 58.9 Å². The highest BCUT2D eigenvalue weighted by Gasteiger charge is 2.28. The number of hydrogen-bond acceptors (Lipinski definition) is 5. The number of anilines is 1. The van der Waals surface area contributed by atoms with E-state index in [4.69, 9.17) is 16.3 Å². The van der Waals surface area contributed by atoms with Crippen molar-refractivity contribution in [2.45, 2.75) is 6.92 Å². The summed E-state index contributed by atoms with van der Waals surface area (Å²) in [6.07, 6.45) is 3.55. The summed E-state index contributed by atoms with van der Waals surface area (Å²) in [7, 11) is 0. The van der Waals surface area contributed by atoms with Gasteiger partial charge in [0.25, 0.3) is 5.91 Å². The van der Waals surface area contributed by atoms with Gasteiger partial charge in [0.2, 0.25) is 0 Å². The number of aryl methyl sites for hydroxylation is 1. The monoisotopic (exact) mass is 453 g/mol. The first kappa shape index (κ1) is 21.5. The Balaban J connectivity index is 1.41. The van der Waals surface area contributed by atoms with Crippen molar-refractivity contribution in [1.82, 2.24) is 4.90 Å². The number of benzene rings is 2. The molecule has 0 atom stereocenters. The van der Waals surface area contributed by atoms with Gasteiger partial charge in [-0.25, -0.2) is 0 Å². The van der Waals surface area contributed by atoms with Crippen LogP contribution < -0.4 is 9.64 Å². The molecule has 1 fully saturated rings. The van der Waals surface area contributed by atoms with Gasteiger partial charge >= 0.3 is 0 Å². The molecule has 0 radical (unpaired) electrons. The normalized spacial score (nSPS) is 17.8. The number of carbonyl (C=O) groups excluding carboxylic acids is 1. The van der Waals surface area contributed by atoms with Gasteiger partial charge in [-0.05, 0) is 48.5 Å². The number of aliphatic imine (C=N–C) groups is 1. The number of ether oxygens (including phenoxy) is 1. The molecule has 2 aliphatic rings. The summed E-state index contributed by atoms with van der Waals surface area (Å²) in [5.74, 6) is 0.522. The van der Waals surface area contributed by atoms with Crippen molar-refractivity contribution < 1.29 is 9.53 Å². The van der Waals surface area contributed by atoms with Gasteiger partial charge in [-0.2, -0.15) is 4.99 Å². The van der Waals surface area contributed by atoms with Crippen LogP contribution in [0.25, 0.3) is 6.08 Å². The second-order valence-electron chi connectivity index (χ2n) is 7.36. The third kappa shape index (κ3) is 4.97. The molecule has 0 aliphatic carbocycles. The summed E-state index contributed by atoms with van der Waals surface area (Å²) in [6, 6.07) is 13.8. The summed E-state index contributed by atoms with van der Waals surface area (Å²) < 4.78 is 5.70. The van der Waals surface area contributed by atoms with E-state index >= 15 is 0 Å². The van der Waals surface area contributed by atoms with Crippen LogP contribution in [0.15, 0.2) is 65.0 Å². The van der Waals surface area contributed by atoms with Gasteiger partial charge in [0.1, 0.15) is 12.4 Å². The molecule has 160 valence electrons. The van der Waals surface area contributed by atoms with E-state index in [9.17, 15) is 4.79 Å². The van der Waals surface area contributed by atoms with Gasteiger partial charge in [-0.3, -0.25) is 4.79 Å². The maximum Gasteiger partial charge on any atom is 0.286 e. The van der Waals surface area contributed by atoms with Gasteiger partial charge in [0.05, 0.1) is 4.91 Å². The molecule has 0 N–H and O–H groups in total. The molecule has 2 aliphatic heterocycles. The van der Waals surface area contributed by atoms with Crippen LogP contribution >= 0.6 is 23.4 Å². The highest BCUT2D eigenvalue weighted by atomic mass is 35.5. The molecule has 4 rings (SSSR count). The summed E-state index contributed by atoms with van der Waals surface area (Å²) in [5, 5.41) is 1.55. The van der Waals surface area contributed by atoms with Crippen molar-refractivity contribution in [3.8, 4) is 5.75 Å². The Morgan fingerprint density at radius 2 is 1.90 bits per heavy atom. The van der Waals surface area contributed by atoms with Crippen LogP contribution in [0.5, 0.6) is 5.75 Å². The molecule has 0 unspecified atom stereocenters. The average molecular weight is 454 g/mol. The first-order valence-electron chi connectivity index (χ1n) is 10.2. The molecule has 0 spiro atoms. The third-order valence-corrected chi connectivity index (χ3v) is 6.69. The number of nitrogens with zero attached hydrogens (tertiary/aromatic N) is 3. The van der Waals surface area contributed by atoms with E-state index < -0.39 is 0 Å². The highest BCUT2D eigenvalue weighted by Crippen LogP contribution is 2.33. The summed E-state index contributed by atoms with van der Waals surface area (Å²) >= 11 is 7.71. The van der Waals surface area contributed by atoms with Crippen molar-refractivity contribution >= 4 is 46.2 Å². The zero-order valence-corrected chi connectivity index (χ0v) is 19.0. The molecule has 1 saturated heterocycles. The first-order valence-corrected chi connectivity index (χ1v) is 11.4. The number of amides is 1. The lowest BCUT2D eigenvalue weighted by Crippen LogP contribution is -2.47. The Bertz CT molecular complexity index is 1060. The minimum atomic E-state index is -0.203. The van der Waals surface area contributed by atoms with Crippen molar-refractivity contribution in [2.24, 2.45) is 4.99 Å². The number of hydrogen-bond donors (Lipinski definition) is 0. The van der Waals surface area contributed by atoms with Crippen LogP contribution in [0.4, 0.5) is 5.69 Å². The molecule has 1 amide bonds. The zero-order chi connectivity index (χ0) is 21.8. The number of carbonyl (C=O) groups is 1. The number of amidine groups is 1. The van der Waals surface area contributed by atoms with Crippen molar-refractivity contribution in [1.29, 1.82) is 0 Å². The average Bonchev–Trinajstić information content (AvgIpc) is 3.15. The van der Waals surface area contributed by atoms with Crippen molar-refractivity contribution in [3.63, 3.8) is 0 Å². The predicted octanol–water partition coefficient (Wildman–Crippen LogP) is 5.01. The predicted molar refractivity (Wildman–Crippen MR) is 130 cm³/mol. The highest BCUT2D eigenvalue weighted by molar-refractivity contribution is 8.18. The molecule has 0 bridgehead atoms. The van der Waals surface area contributed by atoms with Crippen LogP contribution in [0.3, 0.4) is 0 Å². The Hall–Kier alpha value is -2.70. The van der Waals surface area contributed by atoms with Gasteiger partial charge in [0, 0.05) is 42.5 Å². The van der Waals surface area contributed by atoms with Crippen molar-refractivity contribution in [2.75, 3.05) is 37.7 Å². The summed E-state index contributed by atoms with van der Waals surface area (Å²) in [5.41, 5.74) is 3.07. The third-order valence-electron chi connectivity index (χ3n) is 5.24. The van der Waals surface area contributed by atoms with E-state index in [0.29, 0.717) is 11.5 Å². The molecule has 0 saturated carbocycles. The fraction of sp³-hybridized carbons (Fsp3) is 0.250. The lowest BCUT2D eigenvalue weighted by Gasteiger charge is -2.36. The van der Waals surface area contributed by atoms with Crippen LogP contribution in [0.1, 0.15) is 11.1 Å². The Morgan fingerprint density at radius 3 is 2.65 bits per heavy atom. The number of halogens is 1. The van der Waals surface area contributed by atoms with Gasteiger partial charge in [-0.15, -0.1) is 0 Å². The second-order valence-corrected chi connectivity index (χ2v) is 8.77. The maximum absolute atomic E-state index is 12.5. The first-order chi connectivity index (χ1) is 15.0. The number of para-hydroxylation sites is 1. The number of rotatable bonds is 5. The Kier molecular flexibility index (Phi) is 6.68. The second kappa shape index (κ2) is 9.62. The fourth-order valence-corrected chi connectivity index (χ4v) is 4.62. The van der Waals surface area contributed by atoms with Crippen molar-refractivity contribution in [3.05, 3.63) is 76.2 Å². The van der Waals surface area contributed by atoms with E-state index in [1.54, 1.807) is 6.08 Å². The van der Waals surface area contributed by atoms with Gasteiger partial charge in [-0.1, -0.05) is 48.5 Å². The van der Waals surface area contributed by atoms with Gasteiger partial charge < -0.3 is 14.5 Å². The molecule has 2 aromatic carbocycles. The quantitative estimate of drug-likeness (QED) is 0.470. The van der Waals surface area contributed by atoms with Gasteiger partial charge in [0.15, 0.2) is 5.17 Å². The minimum absolute atomic E-state index is 0.203. The van der Waals surface area contributed by atoms with Crippen LogP contribution in [0.2, 0.25) is 5.02 Å². The van der Waals surface area contributed by atoms with Crippen LogP contribution in [-0.2, 0) is 4.79 Å². The largest absolute Gasteiger partial charge is 0.489 e.